The number of hydrogen-bond donors (Lipinski definition) is 0. The first-order valence-electron chi connectivity index (χ1n) is 11.1. The molecule has 6 heteroatoms. The lowest BCUT2D eigenvalue weighted by Crippen LogP contribution is -2.35. The van der Waals surface area contributed by atoms with Crippen molar-refractivity contribution < 1.29 is 13.2 Å². The monoisotopic (exact) mass is 446 g/mol. The third kappa shape index (κ3) is 3.85. The van der Waals surface area contributed by atoms with Crippen molar-refractivity contribution in [2.75, 3.05) is 24.5 Å². The van der Waals surface area contributed by atoms with Crippen molar-refractivity contribution >= 4 is 21.6 Å². The number of piperidine rings is 1. The van der Waals surface area contributed by atoms with Crippen molar-refractivity contribution in [1.82, 2.24) is 4.31 Å². The summed E-state index contributed by atoms with van der Waals surface area (Å²) < 4.78 is 27.6. The van der Waals surface area contributed by atoms with E-state index < -0.39 is 10.0 Å². The van der Waals surface area contributed by atoms with E-state index in [1.54, 1.807) is 27.4 Å². The lowest BCUT2D eigenvalue weighted by atomic mass is 10.0. The Morgan fingerprint density at radius 1 is 0.750 bits per heavy atom. The van der Waals surface area contributed by atoms with Crippen LogP contribution in [0.3, 0.4) is 0 Å². The molecule has 2 heterocycles. The van der Waals surface area contributed by atoms with Crippen LogP contribution >= 0.6 is 0 Å². The first-order chi connectivity index (χ1) is 15.5. The fourth-order valence-electron chi connectivity index (χ4n) is 4.60. The van der Waals surface area contributed by atoms with Crippen molar-refractivity contribution in [3.05, 3.63) is 83.9 Å². The SMILES string of the molecule is O=C(c1ccc(-c2ccccc2)cc1)N1CCc2cc(S(=O)(=O)N3CCCCC3)ccc21. The summed E-state index contributed by atoms with van der Waals surface area (Å²) in [5.74, 6) is -0.0602. The molecular weight excluding hydrogens is 420 g/mol. The first-order valence-corrected chi connectivity index (χ1v) is 12.6. The molecule has 3 aromatic rings. The molecule has 1 fully saturated rings. The van der Waals surface area contributed by atoms with Crippen molar-refractivity contribution in [1.29, 1.82) is 0 Å². The quantitative estimate of drug-likeness (QED) is 0.582. The van der Waals surface area contributed by atoms with Gasteiger partial charge in [-0.3, -0.25) is 4.79 Å². The standard InChI is InChI=1S/C26H26N2O3S/c29-26(22-11-9-21(10-12-22)20-7-3-1-4-8-20)28-18-15-23-19-24(13-14-25(23)28)32(30,31)27-16-5-2-6-17-27/h1,3-4,7-14,19H,2,5-6,15-18H2. The Bertz CT molecular complexity index is 1230. The molecule has 2 aliphatic heterocycles. The molecule has 1 amide bonds. The average Bonchev–Trinajstić information content (AvgIpc) is 3.28. The van der Waals surface area contributed by atoms with Gasteiger partial charge in [-0.2, -0.15) is 4.31 Å². The minimum atomic E-state index is -3.47. The smallest absolute Gasteiger partial charge is 0.258 e. The van der Waals surface area contributed by atoms with E-state index in [0.29, 0.717) is 36.5 Å². The molecule has 0 aromatic heterocycles. The van der Waals surface area contributed by atoms with Gasteiger partial charge >= 0.3 is 0 Å². The zero-order valence-corrected chi connectivity index (χ0v) is 18.7. The number of amides is 1. The van der Waals surface area contributed by atoms with Crippen LogP contribution in [0.1, 0.15) is 35.2 Å². The van der Waals surface area contributed by atoms with Crippen LogP contribution in [0.2, 0.25) is 0 Å². The van der Waals surface area contributed by atoms with Crippen LogP contribution in [0.5, 0.6) is 0 Å². The molecule has 1 saturated heterocycles. The predicted octanol–water partition coefficient (Wildman–Crippen LogP) is 4.73. The normalized spacial score (nSPS) is 16.7. The molecule has 0 atom stereocenters. The third-order valence-corrected chi connectivity index (χ3v) is 8.28. The van der Waals surface area contributed by atoms with Gasteiger partial charge in [-0.25, -0.2) is 8.42 Å². The number of nitrogens with zero attached hydrogens (tertiary/aromatic N) is 2. The molecule has 3 aromatic carbocycles. The number of rotatable bonds is 4. The van der Waals surface area contributed by atoms with E-state index in [9.17, 15) is 13.2 Å². The molecule has 164 valence electrons. The summed E-state index contributed by atoms with van der Waals surface area (Å²) in [6, 6.07) is 22.9. The molecule has 0 bridgehead atoms. The molecule has 0 saturated carbocycles. The van der Waals surface area contributed by atoms with Crippen molar-refractivity contribution in [2.24, 2.45) is 0 Å². The minimum Gasteiger partial charge on any atom is -0.308 e. The number of fused-ring (bicyclic) bond motifs is 1. The maximum Gasteiger partial charge on any atom is 0.258 e. The Morgan fingerprint density at radius 3 is 2.16 bits per heavy atom. The second kappa shape index (κ2) is 8.52. The van der Waals surface area contributed by atoms with Gasteiger partial charge in [-0.15, -0.1) is 0 Å². The van der Waals surface area contributed by atoms with E-state index in [1.807, 2.05) is 54.6 Å². The topological polar surface area (TPSA) is 57.7 Å². The number of carbonyl (C=O) groups excluding carboxylic acids is 1. The van der Waals surface area contributed by atoms with Crippen LogP contribution < -0.4 is 4.90 Å². The van der Waals surface area contributed by atoms with E-state index in [-0.39, 0.29) is 5.91 Å². The van der Waals surface area contributed by atoms with Gasteiger partial charge in [0, 0.05) is 30.9 Å². The molecule has 32 heavy (non-hydrogen) atoms. The number of sulfonamides is 1. The summed E-state index contributed by atoms with van der Waals surface area (Å²) in [4.78, 5) is 15.3. The highest BCUT2D eigenvalue weighted by Gasteiger charge is 2.30. The second-order valence-electron chi connectivity index (χ2n) is 8.41. The molecular formula is C26H26N2O3S. The maximum absolute atomic E-state index is 13.2. The van der Waals surface area contributed by atoms with Crippen molar-refractivity contribution in [3.8, 4) is 11.1 Å². The van der Waals surface area contributed by atoms with Gasteiger partial charge in [-0.05, 0) is 66.3 Å². The van der Waals surface area contributed by atoms with Gasteiger partial charge in [0.2, 0.25) is 10.0 Å². The highest BCUT2D eigenvalue weighted by atomic mass is 32.2. The van der Waals surface area contributed by atoms with E-state index in [2.05, 4.69) is 0 Å². The van der Waals surface area contributed by atoms with Crippen molar-refractivity contribution in [2.45, 2.75) is 30.6 Å². The summed E-state index contributed by atoms with van der Waals surface area (Å²) in [6.45, 7) is 1.73. The molecule has 5 rings (SSSR count). The number of hydrogen-bond acceptors (Lipinski definition) is 3. The molecule has 5 nitrogen and oxygen atoms in total. The number of benzene rings is 3. The third-order valence-electron chi connectivity index (χ3n) is 6.38. The van der Waals surface area contributed by atoms with E-state index in [4.69, 9.17) is 0 Å². The van der Waals surface area contributed by atoms with Crippen LogP contribution in [-0.4, -0.2) is 38.3 Å². The van der Waals surface area contributed by atoms with Gasteiger partial charge in [-0.1, -0.05) is 48.9 Å². The summed E-state index contributed by atoms with van der Waals surface area (Å²) >= 11 is 0. The molecule has 2 aliphatic rings. The van der Waals surface area contributed by atoms with Crippen LogP contribution in [0, 0.1) is 0 Å². The van der Waals surface area contributed by atoms with Crippen molar-refractivity contribution in [3.63, 3.8) is 0 Å². The molecule has 0 aliphatic carbocycles. The van der Waals surface area contributed by atoms with Crippen LogP contribution in [-0.2, 0) is 16.4 Å². The Hall–Kier alpha value is -2.96. The predicted molar refractivity (Wildman–Crippen MR) is 126 cm³/mol. The Kier molecular flexibility index (Phi) is 5.57. The van der Waals surface area contributed by atoms with Crippen LogP contribution in [0.4, 0.5) is 5.69 Å². The highest BCUT2D eigenvalue weighted by Crippen LogP contribution is 2.33. The fourth-order valence-corrected chi connectivity index (χ4v) is 6.16. The second-order valence-corrected chi connectivity index (χ2v) is 10.3. The van der Waals surface area contributed by atoms with Gasteiger partial charge in [0.05, 0.1) is 4.90 Å². The van der Waals surface area contributed by atoms with Gasteiger partial charge in [0.25, 0.3) is 5.91 Å². The zero-order valence-electron chi connectivity index (χ0n) is 17.9. The van der Waals surface area contributed by atoms with E-state index >= 15 is 0 Å². The average molecular weight is 447 g/mol. The molecule has 0 spiro atoms. The summed E-state index contributed by atoms with van der Waals surface area (Å²) in [6.07, 6.45) is 3.57. The van der Waals surface area contributed by atoms with Crippen LogP contribution in [0.15, 0.2) is 77.7 Å². The van der Waals surface area contributed by atoms with Gasteiger partial charge in [0.1, 0.15) is 0 Å². The number of carbonyl (C=O) groups is 1. The molecule has 0 N–H and O–H groups in total. The van der Waals surface area contributed by atoms with Crippen LogP contribution in [0.25, 0.3) is 11.1 Å². The summed E-state index contributed by atoms with van der Waals surface area (Å²) in [5, 5.41) is 0. The highest BCUT2D eigenvalue weighted by molar-refractivity contribution is 7.89. The first kappa shape index (κ1) is 20.9. The van der Waals surface area contributed by atoms with E-state index in [1.165, 1.54) is 0 Å². The fraction of sp³-hybridized carbons (Fsp3) is 0.269. The van der Waals surface area contributed by atoms with E-state index in [0.717, 1.165) is 41.6 Å². The Labute approximate surface area is 189 Å². The maximum atomic E-state index is 13.2. The Morgan fingerprint density at radius 2 is 1.44 bits per heavy atom. The van der Waals surface area contributed by atoms with Gasteiger partial charge < -0.3 is 4.90 Å². The Balaban J connectivity index is 1.37. The summed E-state index contributed by atoms with van der Waals surface area (Å²) in [5.41, 5.74) is 4.52. The lowest BCUT2D eigenvalue weighted by Gasteiger charge is -2.26. The minimum absolute atomic E-state index is 0.0602. The molecule has 0 radical (unpaired) electrons. The van der Waals surface area contributed by atoms with Gasteiger partial charge in [0.15, 0.2) is 0 Å². The zero-order chi connectivity index (χ0) is 22.1. The number of anilines is 1. The largest absolute Gasteiger partial charge is 0.308 e. The lowest BCUT2D eigenvalue weighted by molar-refractivity contribution is 0.0989. The summed E-state index contributed by atoms with van der Waals surface area (Å²) in [7, 11) is -3.47. The molecule has 0 unspecified atom stereocenters.